The molecule has 4 nitrogen and oxygen atoms in total. The van der Waals surface area contributed by atoms with E-state index in [1.54, 1.807) is 35.7 Å². The molecule has 1 atom stereocenters. The molecule has 2 aromatic carbocycles. The molecule has 25 heavy (non-hydrogen) atoms. The Balaban J connectivity index is 1.70. The van der Waals surface area contributed by atoms with Crippen molar-refractivity contribution in [3.8, 4) is 0 Å². The van der Waals surface area contributed by atoms with Crippen molar-refractivity contribution in [2.24, 2.45) is 5.92 Å². The van der Waals surface area contributed by atoms with Gasteiger partial charge in [-0.2, -0.15) is 4.31 Å². The maximum Gasteiger partial charge on any atom is 0.243 e. The average Bonchev–Trinajstić information content (AvgIpc) is 2.64. The molecule has 2 aromatic rings. The molecule has 3 rings (SSSR count). The molecule has 0 aromatic heterocycles. The van der Waals surface area contributed by atoms with Crippen LogP contribution in [0.15, 0.2) is 59.5 Å². The first-order chi connectivity index (χ1) is 12.0. The molecule has 0 N–H and O–H groups in total. The Kier molecular flexibility index (Phi) is 5.79. The molecule has 134 valence electrons. The third-order valence-corrected chi connectivity index (χ3v) is 6.93. The smallest absolute Gasteiger partial charge is 0.243 e. The summed E-state index contributed by atoms with van der Waals surface area (Å²) >= 11 is 5.85. The summed E-state index contributed by atoms with van der Waals surface area (Å²) in [5, 5.41) is 0.531. The highest BCUT2D eigenvalue weighted by Crippen LogP contribution is 2.34. The lowest BCUT2D eigenvalue weighted by Gasteiger charge is -2.35. The minimum absolute atomic E-state index is 0.00147. The van der Waals surface area contributed by atoms with E-state index in [0.717, 1.165) is 18.4 Å². The largest absolute Gasteiger partial charge is 0.376 e. The van der Waals surface area contributed by atoms with E-state index in [2.05, 4.69) is 12.1 Å². The van der Waals surface area contributed by atoms with Gasteiger partial charge < -0.3 is 4.74 Å². The minimum Gasteiger partial charge on any atom is -0.376 e. The average molecular weight is 380 g/mol. The van der Waals surface area contributed by atoms with Crippen molar-refractivity contribution in [1.82, 2.24) is 4.31 Å². The number of benzene rings is 2. The number of halogens is 1. The van der Waals surface area contributed by atoms with E-state index in [-0.39, 0.29) is 6.10 Å². The van der Waals surface area contributed by atoms with Gasteiger partial charge in [-0.1, -0.05) is 41.9 Å². The minimum atomic E-state index is -3.47. The van der Waals surface area contributed by atoms with Crippen molar-refractivity contribution >= 4 is 21.6 Å². The van der Waals surface area contributed by atoms with Crippen LogP contribution in [0.2, 0.25) is 5.02 Å². The van der Waals surface area contributed by atoms with E-state index in [1.807, 2.05) is 18.2 Å². The fourth-order valence-electron chi connectivity index (χ4n) is 3.42. The predicted molar refractivity (Wildman–Crippen MR) is 99.1 cm³/mol. The van der Waals surface area contributed by atoms with Crippen molar-refractivity contribution < 1.29 is 13.2 Å². The van der Waals surface area contributed by atoms with Gasteiger partial charge in [0.2, 0.25) is 10.0 Å². The van der Waals surface area contributed by atoms with Gasteiger partial charge in [-0.3, -0.25) is 0 Å². The second kappa shape index (κ2) is 7.87. The fourth-order valence-corrected chi connectivity index (χ4v) is 5.01. The molecule has 1 fully saturated rings. The van der Waals surface area contributed by atoms with Crippen LogP contribution in [-0.4, -0.2) is 32.9 Å². The number of nitrogens with zero attached hydrogens (tertiary/aromatic N) is 1. The van der Waals surface area contributed by atoms with Crippen LogP contribution in [-0.2, 0) is 14.8 Å². The van der Waals surface area contributed by atoms with Crippen LogP contribution in [0.4, 0.5) is 0 Å². The van der Waals surface area contributed by atoms with Gasteiger partial charge in [0, 0.05) is 25.2 Å². The molecule has 6 heteroatoms. The Bertz CT molecular complexity index is 785. The molecule has 1 aliphatic rings. The summed E-state index contributed by atoms with van der Waals surface area (Å²) in [4.78, 5) is 0.293. The topological polar surface area (TPSA) is 46.6 Å². The number of sulfonamides is 1. The summed E-state index contributed by atoms with van der Waals surface area (Å²) in [7, 11) is -1.75. The lowest BCUT2D eigenvalue weighted by Crippen LogP contribution is -2.39. The number of hydrogen-bond donors (Lipinski definition) is 0. The van der Waals surface area contributed by atoms with E-state index < -0.39 is 10.0 Å². The molecule has 1 saturated heterocycles. The van der Waals surface area contributed by atoms with Gasteiger partial charge in [0.15, 0.2) is 0 Å². The molecule has 0 spiro atoms. The molecule has 0 aliphatic carbocycles. The molecule has 1 heterocycles. The zero-order valence-corrected chi connectivity index (χ0v) is 15.7. The van der Waals surface area contributed by atoms with Crippen LogP contribution in [0.3, 0.4) is 0 Å². The van der Waals surface area contributed by atoms with Crippen LogP contribution < -0.4 is 0 Å². The van der Waals surface area contributed by atoms with Crippen LogP contribution in [0.1, 0.15) is 24.5 Å². The molecular weight excluding hydrogens is 358 g/mol. The number of hydrogen-bond acceptors (Lipinski definition) is 3. The highest BCUT2D eigenvalue weighted by molar-refractivity contribution is 7.89. The Morgan fingerprint density at radius 2 is 1.64 bits per heavy atom. The van der Waals surface area contributed by atoms with Crippen LogP contribution >= 0.6 is 11.6 Å². The summed E-state index contributed by atoms with van der Waals surface area (Å²) in [6, 6.07) is 16.4. The maximum absolute atomic E-state index is 12.8. The zero-order chi connectivity index (χ0) is 17.9. The van der Waals surface area contributed by atoms with E-state index in [1.165, 1.54) is 0 Å². The van der Waals surface area contributed by atoms with E-state index in [0.29, 0.717) is 28.9 Å². The number of ether oxygens (including phenoxy) is 1. The van der Waals surface area contributed by atoms with Gasteiger partial charge in [-0.25, -0.2) is 8.42 Å². The second-order valence-corrected chi connectivity index (χ2v) is 8.64. The van der Waals surface area contributed by atoms with Crippen molar-refractivity contribution in [2.75, 3.05) is 20.2 Å². The lowest BCUT2D eigenvalue weighted by molar-refractivity contribution is 0.0303. The highest BCUT2D eigenvalue weighted by atomic mass is 35.5. The molecule has 0 bridgehead atoms. The third kappa shape index (κ3) is 4.06. The fraction of sp³-hybridized carbons (Fsp3) is 0.368. The monoisotopic (exact) mass is 379 g/mol. The van der Waals surface area contributed by atoms with Crippen molar-refractivity contribution in [1.29, 1.82) is 0 Å². The normalized spacial score (nSPS) is 18.2. The zero-order valence-electron chi connectivity index (χ0n) is 14.1. The quantitative estimate of drug-likeness (QED) is 0.784. The molecule has 1 unspecified atom stereocenters. The molecule has 1 aliphatic heterocycles. The first-order valence-electron chi connectivity index (χ1n) is 8.36. The first kappa shape index (κ1) is 18.4. The Morgan fingerprint density at radius 3 is 2.20 bits per heavy atom. The van der Waals surface area contributed by atoms with Crippen molar-refractivity contribution in [3.63, 3.8) is 0 Å². The molecule has 0 saturated carbocycles. The predicted octanol–water partition coefficient (Wildman–Crippen LogP) is 4.13. The third-order valence-electron chi connectivity index (χ3n) is 4.76. The van der Waals surface area contributed by atoms with Gasteiger partial charge in [-0.05, 0) is 48.6 Å². The summed E-state index contributed by atoms with van der Waals surface area (Å²) in [6.45, 7) is 1.00. The Morgan fingerprint density at radius 1 is 1.04 bits per heavy atom. The van der Waals surface area contributed by atoms with Gasteiger partial charge in [0.25, 0.3) is 0 Å². The highest BCUT2D eigenvalue weighted by Gasteiger charge is 2.33. The van der Waals surface area contributed by atoms with E-state index in [9.17, 15) is 8.42 Å². The molecular formula is C19H22ClNO3S. The first-order valence-corrected chi connectivity index (χ1v) is 10.2. The van der Waals surface area contributed by atoms with Gasteiger partial charge in [0.05, 0.1) is 11.0 Å². The molecule has 0 amide bonds. The standard InChI is InChI=1S/C19H22ClNO3S/c1-24-19(15-5-3-2-4-6-15)16-11-13-21(14-12-16)25(22,23)18-9-7-17(20)8-10-18/h2-10,16,19H,11-14H2,1H3. The van der Waals surface area contributed by atoms with E-state index >= 15 is 0 Å². The summed E-state index contributed by atoms with van der Waals surface area (Å²) in [5.41, 5.74) is 1.14. The van der Waals surface area contributed by atoms with Crippen molar-refractivity contribution in [2.45, 2.75) is 23.8 Å². The summed E-state index contributed by atoms with van der Waals surface area (Å²) < 4.78 is 32.8. The molecule has 0 radical (unpaired) electrons. The van der Waals surface area contributed by atoms with Crippen molar-refractivity contribution in [3.05, 3.63) is 65.2 Å². The van der Waals surface area contributed by atoms with E-state index in [4.69, 9.17) is 16.3 Å². The maximum atomic E-state index is 12.8. The van der Waals surface area contributed by atoms with Crippen LogP contribution in [0, 0.1) is 5.92 Å². The lowest BCUT2D eigenvalue weighted by atomic mass is 9.88. The summed E-state index contributed by atoms with van der Waals surface area (Å²) in [5.74, 6) is 0.309. The Hall–Kier alpha value is -1.40. The number of rotatable bonds is 5. The second-order valence-electron chi connectivity index (χ2n) is 6.26. The number of methoxy groups -OCH3 is 1. The van der Waals surface area contributed by atoms with Gasteiger partial charge in [0.1, 0.15) is 0 Å². The SMILES string of the molecule is COC(c1ccccc1)C1CCN(S(=O)(=O)c2ccc(Cl)cc2)CC1. The van der Waals surface area contributed by atoms with Gasteiger partial charge >= 0.3 is 0 Å². The van der Waals surface area contributed by atoms with Crippen LogP contribution in [0.5, 0.6) is 0 Å². The Labute approximate surface area is 154 Å². The summed E-state index contributed by atoms with van der Waals surface area (Å²) in [6.07, 6.45) is 1.56. The number of piperidine rings is 1. The van der Waals surface area contributed by atoms with Crippen LogP contribution in [0.25, 0.3) is 0 Å². The van der Waals surface area contributed by atoms with Gasteiger partial charge in [-0.15, -0.1) is 0 Å².